The van der Waals surface area contributed by atoms with Crippen molar-refractivity contribution in [3.8, 4) is 11.8 Å². The number of aromatic nitrogens is 1. The largest absolute Gasteiger partial charge is 0.489 e. The summed E-state index contributed by atoms with van der Waals surface area (Å²) in [6.45, 7) is 4.72. The van der Waals surface area contributed by atoms with Gasteiger partial charge in [0.25, 0.3) is 0 Å². The molecule has 1 aromatic carbocycles. The monoisotopic (exact) mass is 459 g/mol. The fourth-order valence-corrected chi connectivity index (χ4v) is 2.93. The number of nitrogens with one attached hydrogen (secondary N) is 1. The molecule has 0 fully saturated rings. The van der Waals surface area contributed by atoms with Crippen molar-refractivity contribution in [3.05, 3.63) is 58.9 Å². The van der Waals surface area contributed by atoms with Crippen LogP contribution in [-0.4, -0.2) is 34.9 Å². The van der Waals surface area contributed by atoms with E-state index in [-0.39, 0.29) is 42.5 Å². The second kappa shape index (κ2) is 13.6. The van der Waals surface area contributed by atoms with Gasteiger partial charge in [0.1, 0.15) is 30.1 Å². The normalized spacial score (nSPS) is 11.6. The molecule has 0 radical (unpaired) electrons. The van der Waals surface area contributed by atoms with Crippen LogP contribution < -0.4 is 10.1 Å². The Morgan fingerprint density at radius 2 is 2.00 bits per heavy atom. The number of hydrogen-bond donors (Lipinski definition) is 2. The number of aliphatic hydroxyl groups excluding tert-OH is 1. The molecule has 0 spiro atoms. The number of aliphatic hydroxyl groups is 1. The molecule has 160 valence electrons. The lowest BCUT2D eigenvalue weighted by atomic mass is 9.96. The molecule has 0 aliphatic rings. The van der Waals surface area contributed by atoms with Crippen LogP contribution >= 0.6 is 36.4 Å². The summed E-state index contributed by atoms with van der Waals surface area (Å²) in [7, 11) is 0. The van der Waals surface area contributed by atoms with Gasteiger partial charge in [0.05, 0.1) is 5.02 Å². The van der Waals surface area contributed by atoms with Gasteiger partial charge < -0.3 is 15.2 Å². The van der Waals surface area contributed by atoms with E-state index in [0.717, 1.165) is 25.0 Å². The summed E-state index contributed by atoms with van der Waals surface area (Å²) >= 11 is 5.98. The first-order valence-electron chi connectivity index (χ1n) is 9.06. The Kier molecular flexibility index (Phi) is 12.9. The van der Waals surface area contributed by atoms with Crippen LogP contribution in [0.1, 0.15) is 37.9 Å². The standard InChI is InChI=1S/C21H26ClN3O2.2ClH/c1-21(2,11-6-8-16-7-3-4-12-24-16)25-14-17(26)15-27-20-10-5-9-19(22)18(20)13-23;;/h3-5,7,9-10,12,17,25-26H,6,8,11,14-15H2,1-2H3;2*1H. The van der Waals surface area contributed by atoms with Gasteiger partial charge >= 0.3 is 0 Å². The minimum Gasteiger partial charge on any atom is -0.489 e. The predicted molar refractivity (Wildman–Crippen MR) is 121 cm³/mol. The zero-order chi connectivity index (χ0) is 19.7. The molecular weight excluding hydrogens is 433 g/mol. The third kappa shape index (κ3) is 9.66. The molecule has 0 saturated heterocycles. The van der Waals surface area contributed by atoms with Crippen molar-refractivity contribution in [3.63, 3.8) is 0 Å². The zero-order valence-corrected chi connectivity index (χ0v) is 19.0. The lowest BCUT2D eigenvalue weighted by Gasteiger charge is -2.28. The molecule has 0 bridgehead atoms. The average molecular weight is 461 g/mol. The molecule has 0 aliphatic heterocycles. The summed E-state index contributed by atoms with van der Waals surface area (Å²) < 4.78 is 5.57. The molecule has 0 aliphatic carbocycles. The second-order valence-electron chi connectivity index (χ2n) is 7.13. The molecule has 5 nitrogen and oxygen atoms in total. The van der Waals surface area contributed by atoms with Gasteiger partial charge in [-0.3, -0.25) is 4.98 Å². The Bertz CT molecular complexity index is 768. The van der Waals surface area contributed by atoms with Gasteiger partial charge in [0.15, 0.2) is 0 Å². The first-order chi connectivity index (χ1) is 12.9. The number of aryl methyl sites for hydroxylation is 1. The lowest BCUT2D eigenvalue weighted by Crippen LogP contribution is -2.44. The number of halogens is 3. The lowest BCUT2D eigenvalue weighted by molar-refractivity contribution is 0.0978. The fraction of sp³-hybridized carbons (Fsp3) is 0.429. The number of rotatable bonds is 10. The molecule has 0 amide bonds. The number of ether oxygens (including phenoxy) is 1. The number of nitriles is 1. The molecule has 2 N–H and O–H groups in total. The first-order valence-corrected chi connectivity index (χ1v) is 9.43. The van der Waals surface area contributed by atoms with Crippen LogP contribution in [0.4, 0.5) is 0 Å². The van der Waals surface area contributed by atoms with Crippen molar-refractivity contribution in [1.82, 2.24) is 10.3 Å². The number of hydrogen-bond acceptors (Lipinski definition) is 5. The van der Waals surface area contributed by atoms with E-state index in [0.29, 0.717) is 17.3 Å². The maximum absolute atomic E-state index is 10.2. The Labute approximate surface area is 190 Å². The molecule has 1 unspecified atom stereocenters. The Balaban J connectivity index is 0.00000392. The average Bonchev–Trinajstić information content (AvgIpc) is 2.65. The van der Waals surface area contributed by atoms with Gasteiger partial charge in [-0.15, -0.1) is 24.8 Å². The molecule has 2 rings (SSSR count). The topological polar surface area (TPSA) is 78.2 Å². The van der Waals surface area contributed by atoms with Gasteiger partial charge in [-0.2, -0.15) is 5.26 Å². The maximum atomic E-state index is 10.2. The molecular formula is C21H28Cl3N3O2. The Morgan fingerprint density at radius 1 is 1.24 bits per heavy atom. The van der Waals surface area contributed by atoms with E-state index in [2.05, 4.69) is 24.1 Å². The van der Waals surface area contributed by atoms with E-state index in [1.807, 2.05) is 30.5 Å². The fourth-order valence-electron chi connectivity index (χ4n) is 2.72. The second-order valence-corrected chi connectivity index (χ2v) is 7.54. The van der Waals surface area contributed by atoms with Gasteiger partial charge in [-0.05, 0) is 57.4 Å². The van der Waals surface area contributed by atoms with Crippen molar-refractivity contribution in [2.45, 2.75) is 44.8 Å². The number of β-amino-alcohol motifs (C(OH)–C–C–N with tert-alkyl or cyclic N) is 1. The van der Waals surface area contributed by atoms with Crippen LogP contribution in [-0.2, 0) is 6.42 Å². The van der Waals surface area contributed by atoms with Gasteiger partial charge in [-0.1, -0.05) is 23.7 Å². The smallest absolute Gasteiger partial charge is 0.138 e. The summed E-state index contributed by atoms with van der Waals surface area (Å²) in [5.41, 5.74) is 1.27. The molecule has 0 saturated carbocycles. The third-order valence-electron chi connectivity index (χ3n) is 4.30. The van der Waals surface area contributed by atoms with E-state index < -0.39 is 6.10 Å². The van der Waals surface area contributed by atoms with E-state index >= 15 is 0 Å². The van der Waals surface area contributed by atoms with Crippen LogP contribution in [0.3, 0.4) is 0 Å². The minimum absolute atomic E-state index is 0. The molecule has 1 aromatic heterocycles. The molecule has 1 atom stereocenters. The van der Waals surface area contributed by atoms with Crippen molar-refractivity contribution in [2.75, 3.05) is 13.2 Å². The first kappa shape index (κ1) is 27.5. The molecule has 8 heteroatoms. The van der Waals surface area contributed by atoms with E-state index in [1.165, 1.54) is 0 Å². The number of nitrogens with zero attached hydrogens (tertiary/aromatic N) is 2. The van der Waals surface area contributed by atoms with E-state index in [4.69, 9.17) is 21.6 Å². The summed E-state index contributed by atoms with van der Waals surface area (Å²) in [5.74, 6) is 0.388. The van der Waals surface area contributed by atoms with Crippen LogP contribution in [0.15, 0.2) is 42.6 Å². The van der Waals surface area contributed by atoms with Gasteiger partial charge in [-0.25, -0.2) is 0 Å². The van der Waals surface area contributed by atoms with Crippen LogP contribution in [0.25, 0.3) is 0 Å². The summed E-state index contributed by atoms with van der Waals surface area (Å²) in [6.07, 6.45) is 4.03. The highest BCUT2D eigenvalue weighted by Crippen LogP contribution is 2.25. The number of pyridine rings is 1. The maximum Gasteiger partial charge on any atom is 0.138 e. The SMILES string of the molecule is CC(C)(CCCc1ccccn1)NCC(O)COc1cccc(Cl)c1C#N.Cl.Cl. The van der Waals surface area contributed by atoms with E-state index in [9.17, 15) is 5.11 Å². The molecule has 1 heterocycles. The molecule has 29 heavy (non-hydrogen) atoms. The van der Waals surface area contributed by atoms with Gasteiger partial charge in [0, 0.05) is 24.0 Å². The highest BCUT2D eigenvalue weighted by Gasteiger charge is 2.19. The van der Waals surface area contributed by atoms with Crippen molar-refractivity contribution >= 4 is 36.4 Å². The minimum atomic E-state index is -0.689. The van der Waals surface area contributed by atoms with Crippen molar-refractivity contribution in [2.24, 2.45) is 0 Å². The quantitative estimate of drug-likeness (QED) is 0.542. The molecule has 2 aromatic rings. The van der Waals surface area contributed by atoms with Crippen LogP contribution in [0, 0.1) is 11.3 Å². The van der Waals surface area contributed by atoms with E-state index in [1.54, 1.807) is 18.2 Å². The third-order valence-corrected chi connectivity index (χ3v) is 4.61. The van der Waals surface area contributed by atoms with Crippen molar-refractivity contribution < 1.29 is 9.84 Å². The zero-order valence-electron chi connectivity index (χ0n) is 16.6. The number of benzene rings is 1. The van der Waals surface area contributed by atoms with Crippen molar-refractivity contribution in [1.29, 1.82) is 5.26 Å². The van der Waals surface area contributed by atoms with Crippen LogP contribution in [0.5, 0.6) is 5.75 Å². The Morgan fingerprint density at radius 3 is 2.66 bits per heavy atom. The highest BCUT2D eigenvalue weighted by atomic mass is 35.5. The van der Waals surface area contributed by atoms with Gasteiger partial charge in [0.2, 0.25) is 0 Å². The summed E-state index contributed by atoms with van der Waals surface area (Å²) in [4.78, 5) is 4.34. The Hall–Kier alpha value is -1.55. The highest BCUT2D eigenvalue weighted by molar-refractivity contribution is 6.31. The predicted octanol–water partition coefficient (Wildman–Crippen LogP) is 4.58. The summed E-state index contributed by atoms with van der Waals surface area (Å²) in [6, 6.07) is 13.0. The summed E-state index contributed by atoms with van der Waals surface area (Å²) in [5, 5.41) is 23.1. The van der Waals surface area contributed by atoms with Crippen LogP contribution in [0.2, 0.25) is 5.02 Å².